The second kappa shape index (κ2) is 7.73. The van der Waals surface area contributed by atoms with Crippen molar-refractivity contribution < 1.29 is 13.2 Å². The molecule has 0 aliphatic rings. The van der Waals surface area contributed by atoms with E-state index in [9.17, 15) is 13.2 Å². The lowest BCUT2D eigenvalue weighted by molar-refractivity contribution is 0.102. The summed E-state index contributed by atoms with van der Waals surface area (Å²) in [6, 6.07) is 15.3. The van der Waals surface area contributed by atoms with Crippen molar-refractivity contribution in [1.29, 1.82) is 0 Å². The highest BCUT2D eigenvalue weighted by Gasteiger charge is 2.16. The first kappa shape index (κ1) is 18.2. The van der Waals surface area contributed by atoms with Gasteiger partial charge in [-0.15, -0.1) is 10.2 Å². The maximum absolute atomic E-state index is 12.4. The summed E-state index contributed by atoms with van der Waals surface area (Å²) in [4.78, 5) is 12.4. The van der Waals surface area contributed by atoms with Gasteiger partial charge in [0.1, 0.15) is 5.01 Å². The molecule has 2 aromatic carbocycles. The molecule has 3 rings (SSSR count). The Hall–Kier alpha value is -2.62. The van der Waals surface area contributed by atoms with Crippen molar-refractivity contribution in [2.45, 2.75) is 11.8 Å². The van der Waals surface area contributed by atoms with E-state index in [1.807, 2.05) is 30.3 Å². The Morgan fingerprint density at radius 1 is 1.08 bits per heavy atom. The highest BCUT2D eigenvalue weighted by atomic mass is 32.2. The van der Waals surface area contributed by atoms with E-state index in [-0.39, 0.29) is 17.0 Å². The Morgan fingerprint density at radius 3 is 2.58 bits per heavy atom. The van der Waals surface area contributed by atoms with Gasteiger partial charge in [-0.05, 0) is 18.2 Å². The van der Waals surface area contributed by atoms with Crippen LogP contribution in [0.3, 0.4) is 0 Å². The molecular weight excluding hydrogens is 372 g/mol. The van der Waals surface area contributed by atoms with Crippen molar-refractivity contribution in [3.63, 3.8) is 0 Å². The molecule has 1 amide bonds. The summed E-state index contributed by atoms with van der Waals surface area (Å²) in [5.74, 6) is -0.450. The molecule has 0 aliphatic carbocycles. The summed E-state index contributed by atoms with van der Waals surface area (Å²) < 4.78 is 26.5. The smallest absolute Gasteiger partial charge is 0.257 e. The van der Waals surface area contributed by atoms with Gasteiger partial charge in [-0.2, -0.15) is 0 Å². The lowest BCUT2D eigenvalue weighted by Crippen LogP contribution is -2.23. The third kappa shape index (κ3) is 4.13. The molecule has 0 spiro atoms. The third-order valence-corrected chi connectivity index (χ3v) is 5.84. The van der Waals surface area contributed by atoms with Gasteiger partial charge >= 0.3 is 0 Å². The number of nitrogens with zero attached hydrogens (tertiary/aromatic N) is 2. The predicted octanol–water partition coefficient (Wildman–Crippen LogP) is 2.76. The van der Waals surface area contributed by atoms with Crippen LogP contribution in [-0.4, -0.2) is 31.1 Å². The van der Waals surface area contributed by atoms with Gasteiger partial charge in [-0.25, -0.2) is 13.1 Å². The van der Waals surface area contributed by atoms with Crippen LogP contribution in [0, 0.1) is 0 Å². The molecule has 0 aliphatic heterocycles. The summed E-state index contributed by atoms with van der Waals surface area (Å²) >= 11 is 1.24. The van der Waals surface area contributed by atoms with Gasteiger partial charge in [0.2, 0.25) is 15.2 Å². The number of nitrogens with one attached hydrogen (secondary N) is 2. The Kier molecular flexibility index (Phi) is 5.40. The topological polar surface area (TPSA) is 101 Å². The van der Waals surface area contributed by atoms with Crippen LogP contribution in [0.5, 0.6) is 0 Å². The minimum absolute atomic E-state index is 0.0363. The highest BCUT2D eigenvalue weighted by molar-refractivity contribution is 7.89. The molecule has 26 heavy (non-hydrogen) atoms. The maximum atomic E-state index is 12.4. The molecule has 0 fully saturated rings. The second-order valence-electron chi connectivity index (χ2n) is 5.26. The Labute approximate surface area is 155 Å². The van der Waals surface area contributed by atoms with Gasteiger partial charge in [-0.3, -0.25) is 10.1 Å². The fourth-order valence-electron chi connectivity index (χ4n) is 2.22. The van der Waals surface area contributed by atoms with Gasteiger partial charge in [0.15, 0.2) is 0 Å². The molecule has 1 heterocycles. The number of carbonyl (C=O) groups is 1. The normalized spacial score (nSPS) is 11.3. The van der Waals surface area contributed by atoms with E-state index in [0.717, 1.165) is 5.56 Å². The first-order valence-electron chi connectivity index (χ1n) is 7.79. The zero-order valence-corrected chi connectivity index (χ0v) is 15.5. The maximum Gasteiger partial charge on any atom is 0.257 e. The predicted molar refractivity (Wildman–Crippen MR) is 101 cm³/mol. The average molecular weight is 388 g/mol. The first-order valence-corrected chi connectivity index (χ1v) is 10.1. The number of sulfonamides is 1. The minimum Gasteiger partial charge on any atom is -0.296 e. The van der Waals surface area contributed by atoms with Gasteiger partial charge in [0, 0.05) is 17.7 Å². The molecule has 0 radical (unpaired) electrons. The van der Waals surface area contributed by atoms with Crippen LogP contribution < -0.4 is 10.0 Å². The molecule has 134 valence electrons. The molecule has 0 atom stereocenters. The fraction of sp³-hybridized carbons (Fsp3) is 0.118. The summed E-state index contributed by atoms with van der Waals surface area (Å²) in [5, 5.41) is 11.7. The average Bonchev–Trinajstić information content (AvgIpc) is 3.11. The lowest BCUT2D eigenvalue weighted by atomic mass is 10.2. The third-order valence-electron chi connectivity index (χ3n) is 3.41. The number of amides is 1. The van der Waals surface area contributed by atoms with Crippen molar-refractivity contribution in [2.75, 3.05) is 11.9 Å². The molecule has 1 aromatic heterocycles. The zero-order valence-electron chi connectivity index (χ0n) is 13.8. The Morgan fingerprint density at radius 2 is 1.85 bits per heavy atom. The van der Waals surface area contributed by atoms with Crippen molar-refractivity contribution in [1.82, 2.24) is 14.9 Å². The van der Waals surface area contributed by atoms with Crippen LogP contribution in [0.15, 0.2) is 59.5 Å². The van der Waals surface area contributed by atoms with E-state index in [0.29, 0.717) is 10.1 Å². The standard InChI is InChI=1S/C17H16N4O3S2/c1-2-18-26(23,24)14-10-6-9-13(11-14)15(22)19-17-21-20-16(25-17)12-7-4-3-5-8-12/h3-11,18H,2H2,1H3,(H,19,21,22). The molecule has 2 N–H and O–H groups in total. The fourth-order valence-corrected chi connectivity index (χ4v) is 4.05. The number of hydrogen-bond acceptors (Lipinski definition) is 6. The van der Waals surface area contributed by atoms with E-state index in [2.05, 4.69) is 20.2 Å². The molecule has 0 unspecified atom stereocenters. The number of rotatable bonds is 6. The van der Waals surface area contributed by atoms with Crippen LogP contribution in [0.4, 0.5) is 5.13 Å². The monoisotopic (exact) mass is 388 g/mol. The number of anilines is 1. The van der Waals surface area contributed by atoms with Crippen LogP contribution >= 0.6 is 11.3 Å². The van der Waals surface area contributed by atoms with E-state index in [1.54, 1.807) is 13.0 Å². The molecule has 7 nitrogen and oxygen atoms in total. The van der Waals surface area contributed by atoms with E-state index in [4.69, 9.17) is 0 Å². The summed E-state index contributed by atoms with van der Waals surface area (Å²) in [6.07, 6.45) is 0. The molecule has 0 saturated carbocycles. The molecule has 3 aromatic rings. The van der Waals surface area contributed by atoms with Gasteiger partial charge in [0.05, 0.1) is 4.90 Å². The number of benzene rings is 2. The summed E-state index contributed by atoms with van der Waals surface area (Å²) in [6.45, 7) is 1.96. The van der Waals surface area contributed by atoms with E-state index < -0.39 is 15.9 Å². The van der Waals surface area contributed by atoms with Crippen LogP contribution in [0.2, 0.25) is 0 Å². The highest BCUT2D eigenvalue weighted by Crippen LogP contribution is 2.26. The van der Waals surface area contributed by atoms with E-state index in [1.165, 1.54) is 29.5 Å². The Balaban J connectivity index is 1.78. The van der Waals surface area contributed by atoms with Crippen molar-refractivity contribution >= 4 is 32.4 Å². The molecule has 0 saturated heterocycles. The van der Waals surface area contributed by atoms with Crippen LogP contribution in [0.1, 0.15) is 17.3 Å². The summed E-state index contributed by atoms with van der Waals surface area (Å²) in [7, 11) is -3.63. The minimum atomic E-state index is -3.63. The van der Waals surface area contributed by atoms with Crippen molar-refractivity contribution in [2.24, 2.45) is 0 Å². The number of aromatic nitrogens is 2. The van der Waals surface area contributed by atoms with Gasteiger partial charge in [0.25, 0.3) is 5.91 Å². The van der Waals surface area contributed by atoms with Gasteiger partial charge in [-0.1, -0.05) is 54.7 Å². The SMILES string of the molecule is CCNS(=O)(=O)c1cccc(C(=O)Nc2nnc(-c3ccccc3)s2)c1. The number of hydrogen-bond donors (Lipinski definition) is 2. The van der Waals surface area contributed by atoms with Crippen LogP contribution in [0.25, 0.3) is 10.6 Å². The van der Waals surface area contributed by atoms with E-state index >= 15 is 0 Å². The zero-order chi connectivity index (χ0) is 18.6. The first-order chi connectivity index (χ1) is 12.5. The Bertz CT molecular complexity index is 1020. The van der Waals surface area contributed by atoms with Crippen molar-refractivity contribution in [3.8, 4) is 10.6 Å². The van der Waals surface area contributed by atoms with Crippen LogP contribution in [-0.2, 0) is 10.0 Å². The second-order valence-corrected chi connectivity index (χ2v) is 8.01. The van der Waals surface area contributed by atoms with Crippen molar-refractivity contribution in [3.05, 3.63) is 60.2 Å². The molecule has 9 heteroatoms. The number of carbonyl (C=O) groups excluding carboxylic acids is 1. The summed E-state index contributed by atoms with van der Waals surface area (Å²) in [5.41, 5.74) is 1.13. The molecule has 0 bridgehead atoms. The largest absolute Gasteiger partial charge is 0.296 e. The van der Waals surface area contributed by atoms with Gasteiger partial charge < -0.3 is 0 Å². The molecular formula is C17H16N4O3S2. The quantitative estimate of drug-likeness (QED) is 0.676. The lowest BCUT2D eigenvalue weighted by Gasteiger charge is -2.06.